The summed E-state index contributed by atoms with van der Waals surface area (Å²) in [5.74, 6) is -2.96. The first-order valence-corrected chi connectivity index (χ1v) is 18.9. The van der Waals surface area contributed by atoms with Gasteiger partial charge in [-0.1, -0.05) is 78.7 Å². The van der Waals surface area contributed by atoms with Gasteiger partial charge in [0, 0.05) is 51.3 Å². The standard InChI is InChI=1S/C38H43Cl2N3O12S/c1-19-29(15-43-18-41-36(39)37(43)40)54-38(55-32(19)25-11-9-24(16-44)10-12-25)26-7-6-8-27(13-26)42-31(56)14-28-33(50-21(3)46)35(52-23(5)48)34(51-22(4)47)30(53-28)17-49-20(2)45/h6-13,18-19,28-30,32-35,38,44H,14-17H2,1-5H3,(H,42,56). The van der Waals surface area contributed by atoms with Crippen molar-refractivity contribution in [2.24, 2.45) is 5.92 Å². The van der Waals surface area contributed by atoms with Gasteiger partial charge in [0.2, 0.25) is 0 Å². The highest BCUT2D eigenvalue weighted by Gasteiger charge is 2.52. The molecule has 0 spiro atoms. The van der Waals surface area contributed by atoms with E-state index in [2.05, 4.69) is 10.3 Å². The Morgan fingerprint density at radius 3 is 2.07 bits per heavy atom. The molecule has 15 nitrogen and oxygen atoms in total. The molecule has 5 rings (SSSR count). The van der Waals surface area contributed by atoms with Gasteiger partial charge in [-0.3, -0.25) is 19.2 Å². The van der Waals surface area contributed by atoms with E-state index < -0.39 is 72.9 Å². The molecule has 2 saturated heterocycles. The molecule has 0 bridgehead atoms. The zero-order valence-corrected chi connectivity index (χ0v) is 33.5. The molecule has 0 radical (unpaired) electrons. The van der Waals surface area contributed by atoms with Gasteiger partial charge >= 0.3 is 23.9 Å². The molecule has 9 unspecified atom stereocenters. The number of nitrogens with one attached hydrogen (secondary N) is 1. The summed E-state index contributed by atoms with van der Waals surface area (Å²) in [5.41, 5.74) is 2.88. The minimum Gasteiger partial charge on any atom is -0.463 e. The Hall–Kier alpha value is -4.16. The van der Waals surface area contributed by atoms with Gasteiger partial charge in [0.1, 0.15) is 24.0 Å². The first kappa shape index (κ1) is 43.0. The SMILES string of the molecule is CC(=O)OCC1OC(CC(=S)Nc2cccc(C3OC(Cn4cnc(Cl)c4Cl)C(C)C(c4ccc(CO)cc4)O3)c2)C(OC(C)=O)C(OC(C)=O)C1OC(C)=O. The Morgan fingerprint density at radius 2 is 1.48 bits per heavy atom. The molecular weight excluding hydrogens is 793 g/mol. The molecule has 2 aliphatic heterocycles. The van der Waals surface area contributed by atoms with E-state index in [1.165, 1.54) is 13.8 Å². The minimum absolute atomic E-state index is 0.0607. The Balaban J connectivity index is 1.39. The number of nitrogens with zero attached hydrogens (tertiary/aromatic N) is 2. The first-order valence-electron chi connectivity index (χ1n) is 17.7. The number of aliphatic hydroxyl groups excluding tert-OH is 1. The highest BCUT2D eigenvalue weighted by molar-refractivity contribution is 7.80. The minimum atomic E-state index is -1.32. The Kier molecular flexibility index (Phi) is 14.8. The molecule has 2 N–H and O–H groups in total. The highest BCUT2D eigenvalue weighted by atomic mass is 35.5. The number of ether oxygens (including phenoxy) is 7. The molecule has 2 aromatic carbocycles. The van der Waals surface area contributed by atoms with Crippen molar-refractivity contribution in [3.05, 3.63) is 81.9 Å². The number of aromatic nitrogens is 2. The van der Waals surface area contributed by atoms with E-state index >= 15 is 0 Å². The zero-order chi connectivity index (χ0) is 40.7. The summed E-state index contributed by atoms with van der Waals surface area (Å²) in [6, 6.07) is 14.7. The summed E-state index contributed by atoms with van der Waals surface area (Å²) in [4.78, 5) is 52.7. The van der Waals surface area contributed by atoms with Gasteiger partial charge in [0.15, 0.2) is 29.8 Å². The first-order chi connectivity index (χ1) is 26.6. The van der Waals surface area contributed by atoms with Crippen LogP contribution in [0.25, 0.3) is 0 Å². The van der Waals surface area contributed by atoms with Crippen LogP contribution < -0.4 is 5.32 Å². The van der Waals surface area contributed by atoms with Crippen molar-refractivity contribution in [2.45, 2.75) is 103 Å². The predicted octanol–water partition coefficient (Wildman–Crippen LogP) is 5.43. The van der Waals surface area contributed by atoms with Crippen molar-refractivity contribution in [2.75, 3.05) is 11.9 Å². The number of halogens is 2. The normalized spacial score (nSPS) is 26.1. The van der Waals surface area contributed by atoms with Crippen LogP contribution in [0.3, 0.4) is 0 Å². The molecule has 2 fully saturated rings. The van der Waals surface area contributed by atoms with Crippen LogP contribution in [0.1, 0.15) is 70.1 Å². The molecule has 2 aliphatic rings. The number of benzene rings is 2. The third kappa shape index (κ3) is 11.0. The van der Waals surface area contributed by atoms with Crippen molar-refractivity contribution in [1.29, 1.82) is 0 Å². The van der Waals surface area contributed by atoms with Gasteiger partial charge in [-0.25, -0.2) is 4.98 Å². The van der Waals surface area contributed by atoms with Crippen LogP contribution >= 0.6 is 35.4 Å². The van der Waals surface area contributed by atoms with Gasteiger partial charge in [-0.2, -0.15) is 0 Å². The summed E-state index contributed by atoms with van der Waals surface area (Å²) >= 11 is 18.3. The summed E-state index contributed by atoms with van der Waals surface area (Å²) in [5, 5.41) is 13.2. The Labute approximate surface area is 338 Å². The fourth-order valence-electron chi connectivity index (χ4n) is 6.63. The molecule has 3 heterocycles. The average molecular weight is 837 g/mol. The lowest BCUT2D eigenvalue weighted by atomic mass is 9.90. The fraction of sp³-hybridized carbons (Fsp3) is 0.474. The lowest BCUT2D eigenvalue weighted by Gasteiger charge is -2.44. The molecule has 0 saturated carbocycles. The number of anilines is 1. The molecule has 0 amide bonds. The van der Waals surface area contributed by atoms with Crippen molar-refractivity contribution in [1.82, 2.24) is 9.55 Å². The summed E-state index contributed by atoms with van der Waals surface area (Å²) in [6.07, 6.45) is -6.17. The van der Waals surface area contributed by atoms with Crippen LogP contribution in [-0.4, -0.2) is 86.8 Å². The highest BCUT2D eigenvalue weighted by Crippen LogP contribution is 2.43. The molecule has 56 heavy (non-hydrogen) atoms. The number of imidazole rings is 1. The Bertz CT molecular complexity index is 1900. The number of esters is 4. The lowest BCUT2D eigenvalue weighted by molar-refractivity contribution is -0.276. The number of aliphatic hydroxyl groups is 1. The average Bonchev–Trinajstić information content (AvgIpc) is 3.45. The van der Waals surface area contributed by atoms with Crippen LogP contribution in [0.5, 0.6) is 0 Å². The second-order valence-electron chi connectivity index (χ2n) is 13.4. The molecular formula is C38H43Cl2N3O12S. The maximum Gasteiger partial charge on any atom is 0.303 e. The van der Waals surface area contributed by atoms with Crippen LogP contribution in [0, 0.1) is 5.92 Å². The predicted molar refractivity (Wildman–Crippen MR) is 204 cm³/mol. The maximum absolute atomic E-state index is 12.3. The van der Waals surface area contributed by atoms with Gasteiger partial charge in [-0.05, 0) is 23.3 Å². The van der Waals surface area contributed by atoms with Gasteiger partial charge < -0.3 is 48.1 Å². The molecule has 18 heteroatoms. The van der Waals surface area contributed by atoms with E-state index in [-0.39, 0.29) is 40.8 Å². The third-order valence-corrected chi connectivity index (χ3v) is 10.2. The smallest absolute Gasteiger partial charge is 0.303 e. The van der Waals surface area contributed by atoms with Crippen molar-refractivity contribution in [3.8, 4) is 0 Å². The van der Waals surface area contributed by atoms with E-state index in [0.717, 1.165) is 25.0 Å². The third-order valence-electron chi connectivity index (χ3n) is 9.15. The number of hydrogen-bond acceptors (Lipinski definition) is 14. The van der Waals surface area contributed by atoms with Gasteiger partial charge in [0.05, 0.1) is 36.7 Å². The van der Waals surface area contributed by atoms with Crippen molar-refractivity contribution >= 4 is 70.0 Å². The van der Waals surface area contributed by atoms with Gasteiger partial charge in [0.25, 0.3) is 0 Å². The largest absolute Gasteiger partial charge is 0.463 e. The van der Waals surface area contributed by atoms with Crippen LogP contribution in [-0.2, 0) is 65.5 Å². The zero-order valence-electron chi connectivity index (χ0n) is 31.2. The number of carbonyl (C=O) groups is 4. The van der Waals surface area contributed by atoms with Crippen molar-refractivity contribution in [3.63, 3.8) is 0 Å². The summed E-state index contributed by atoms with van der Waals surface area (Å²) in [7, 11) is 0. The topological polar surface area (TPSA) is 183 Å². The quantitative estimate of drug-likeness (QED) is 0.126. The maximum atomic E-state index is 12.3. The van der Waals surface area contributed by atoms with Gasteiger partial charge in [-0.15, -0.1) is 0 Å². The lowest BCUT2D eigenvalue weighted by Crippen LogP contribution is -2.62. The van der Waals surface area contributed by atoms with E-state index in [0.29, 0.717) is 17.8 Å². The van der Waals surface area contributed by atoms with Crippen molar-refractivity contribution < 1.29 is 57.4 Å². The van der Waals surface area contributed by atoms with E-state index in [1.54, 1.807) is 23.0 Å². The second kappa shape index (κ2) is 19.3. The van der Waals surface area contributed by atoms with Crippen LogP contribution in [0.4, 0.5) is 5.69 Å². The number of carbonyl (C=O) groups excluding carboxylic acids is 4. The second-order valence-corrected chi connectivity index (χ2v) is 14.6. The number of rotatable bonds is 13. The summed E-state index contributed by atoms with van der Waals surface area (Å²) < 4.78 is 42.9. The fourth-order valence-corrected chi connectivity index (χ4v) is 7.23. The van der Waals surface area contributed by atoms with Crippen LogP contribution in [0.15, 0.2) is 54.9 Å². The molecule has 3 aromatic rings. The molecule has 0 aliphatic carbocycles. The Morgan fingerprint density at radius 1 is 0.839 bits per heavy atom. The number of thiocarbonyl (C=S) groups is 1. The number of hydrogen-bond donors (Lipinski definition) is 2. The molecule has 1 aromatic heterocycles. The van der Waals surface area contributed by atoms with E-state index in [4.69, 9.17) is 68.6 Å². The summed E-state index contributed by atoms with van der Waals surface area (Å²) in [6.45, 7) is 6.58. The van der Waals surface area contributed by atoms with E-state index in [9.17, 15) is 24.3 Å². The van der Waals surface area contributed by atoms with Crippen LogP contribution in [0.2, 0.25) is 10.3 Å². The molecule has 302 valence electrons. The molecule has 9 atom stereocenters. The van der Waals surface area contributed by atoms with E-state index in [1.807, 2.05) is 43.3 Å². The monoisotopic (exact) mass is 835 g/mol.